The molecule has 1 heterocycles. The quantitative estimate of drug-likeness (QED) is 0.798. The molecule has 0 bridgehead atoms. The summed E-state index contributed by atoms with van der Waals surface area (Å²) in [4.78, 5) is 4.14. The van der Waals surface area contributed by atoms with Gasteiger partial charge < -0.3 is 9.73 Å². The van der Waals surface area contributed by atoms with E-state index < -0.39 is 0 Å². The number of benzene rings is 1. The van der Waals surface area contributed by atoms with Crippen LogP contribution in [0.15, 0.2) is 16.5 Å². The molecule has 0 saturated heterocycles. The predicted octanol–water partition coefficient (Wildman–Crippen LogP) is 2.57. The normalized spacial score (nSPS) is 10.8. The van der Waals surface area contributed by atoms with Crippen LogP contribution in [-0.2, 0) is 6.42 Å². The minimum Gasteiger partial charge on any atom is -0.423 e. The van der Waals surface area contributed by atoms with Gasteiger partial charge in [0.05, 0.1) is 0 Å². The highest BCUT2D eigenvalue weighted by Crippen LogP contribution is 2.22. The Morgan fingerprint density at radius 2 is 2.29 bits per heavy atom. The monoisotopic (exact) mass is 194 g/mol. The molecule has 14 heavy (non-hydrogen) atoms. The summed E-state index contributed by atoms with van der Waals surface area (Å²) in [5.74, 6) is -0.237. The lowest BCUT2D eigenvalue weighted by Crippen LogP contribution is -1.87. The van der Waals surface area contributed by atoms with Crippen molar-refractivity contribution in [2.45, 2.75) is 13.3 Å². The molecule has 0 radical (unpaired) electrons. The first-order valence-corrected chi connectivity index (χ1v) is 4.51. The van der Waals surface area contributed by atoms with Crippen molar-refractivity contribution in [2.75, 3.05) is 12.4 Å². The van der Waals surface area contributed by atoms with Gasteiger partial charge in [0.25, 0.3) is 6.01 Å². The van der Waals surface area contributed by atoms with Gasteiger partial charge in [-0.2, -0.15) is 4.98 Å². The predicted molar refractivity (Wildman–Crippen MR) is 52.9 cm³/mol. The second-order valence-electron chi connectivity index (χ2n) is 3.03. The summed E-state index contributed by atoms with van der Waals surface area (Å²) in [7, 11) is 1.71. The molecule has 0 spiro atoms. The highest BCUT2D eigenvalue weighted by Gasteiger charge is 2.08. The SMILES string of the molecule is CCc1cc2nc(NC)oc2cc1F. The van der Waals surface area contributed by atoms with Crippen LogP contribution < -0.4 is 5.32 Å². The van der Waals surface area contributed by atoms with Gasteiger partial charge >= 0.3 is 0 Å². The second-order valence-corrected chi connectivity index (χ2v) is 3.03. The standard InChI is InChI=1S/C10H11FN2O/c1-3-6-4-8-9(5-7(6)11)14-10(12-2)13-8/h4-5H,3H2,1-2H3,(H,12,13). The van der Waals surface area contributed by atoms with Crippen LogP contribution in [0.1, 0.15) is 12.5 Å². The molecule has 1 aromatic carbocycles. The van der Waals surface area contributed by atoms with E-state index in [-0.39, 0.29) is 5.82 Å². The third kappa shape index (κ3) is 1.32. The van der Waals surface area contributed by atoms with Crippen molar-refractivity contribution >= 4 is 17.1 Å². The van der Waals surface area contributed by atoms with Gasteiger partial charge in [-0.15, -0.1) is 0 Å². The van der Waals surface area contributed by atoms with Crippen LogP contribution in [0.5, 0.6) is 0 Å². The Balaban J connectivity index is 2.64. The molecule has 3 nitrogen and oxygen atoms in total. The fraction of sp³-hybridized carbons (Fsp3) is 0.300. The Morgan fingerprint density at radius 1 is 1.50 bits per heavy atom. The van der Waals surface area contributed by atoms with Crippen LogP contribution in [0, 0.1) is 5.82 Å². The number of nitrogens with one attached hydrogen (secondary N) is 1. The molecule has 0 unspecified atom stereocenters. The van der Waals surface area contributed by atoms with Gasteiger partial charge in [0, 0.05) is 13.1 Å². The molecular formula is C10H11FN2O. The summed E-state index contributed by atoms with van der Waals surface area (Å²) in [5.41, 5.74) is 1.82. The van der Waals surface area contributed by atoms with E-state index in [4.69, 9.17) is 4.42 Å². The van der Waals surface area contributed by atoms with Crippen molar-refractivity contribution in [3.63, 3.8) is 0 Å². The zero-order chi connectivity index (χ0) is 10.1. The van der Waals surface area contributed by atoms with Crippen molar-refractivity contribution in [1.82, 2.24) is 4.98 Å². The fourth-order valence-corrected chi connectivity index (χ4v) is 1.37. The Kier molecular flexibility index (Phi) is 2.11. The van der Waals surface area contributed by atoms with E-state index in [2.05, 4.69) is 10.3 Å². The van der Waals surface area contributed by atoms with Gasteiger partial charge in [0.15, 0.2) is 5.58 Å². The van der Waals surface area contributed by atoms with Crippen LogP contribution in [-0.4, -0.2) is 12.0 Å². The van der Waals surface area contributed by atoms with Crippen molar-refractivity contribution in [3.05, 3.63) is 23.5 Å². The molecular weight excluding hydrogens is 183 g/mol. The molecule has 4 heteroatoms. The van der Waals surface area contributed by atoms with E-state index in [1.807, 2.05) is 6.92 Å². The average Bonchev–Trinajstić information content (AvgIpc) is 2.58. The Bertz CT molecular complexity index is 464. The highest BCUT2D eigenvalue weighted by molar-refractivity contribution is 5.75. The van der Waals surface area contributed by atoms with E-state index in [9.17, 15) is 4.39 Å². The smallest absolute Gasteiger partial charge is 0.295 e. The summed E-state index contributed by atoms with van der Waals surface area (Å²) in [6, 6.07) is 3.50. The van der Waals surface area contributed by atoms with E-state index in [0.29, 0.717) is 29.1 Å². The maximum absolute atomic E-state index is 13.3. The third-order valence-electron chi connectivity index (χ3n) is 2.15. The van der Waals surface area contributed by atoms with Crippen LogP contribution in [0.3, 0.4) is 0 Å². The molecule has 2 rings (SSSR count). The molecule has 0 aliphatic carbocycles. The van der Waals surface area contributed by atoms with Gasteiger partial charge in [0.2, 0.25) is 0 Å². The molecule has 74 valence electrons. The average molecular weight is 194 g/mol. The van der Waals surface area contributed by atoms with Crippen LogP contribution in [0.25, 0.3) is 11.1 Å². The van der Waals surface area contributed by atoms with Crippen molar-refractivity contribution in [3.8, 4) is 0 Å². The van der Waals surface area contributed by atoms with Crippen molar-refractivity contribution in [2.24, 2.45) is 0 Å². The van der Waals surface area contributed by atoms with E-state index in [1.165, 1.54) is 6.07 Å². The van der Waals surface area contributed by atoms with Gasteiger partial charge in [-0.05, 0) is 18.1 Å². The van der Waals surface area contributed by atoms with E-state index in [0.717, 1.165) is 0 Å². The molecule has 0 atom stereocenters. The first-order valence-electron chi connectivity index (χ1n) is 4.51. The number of aromatic nitrogens is 1. The van der Waals surface area contributed by atoms with Gasteiger partial charge in [-0.1, -0.05) is 6.92 Å². The largest absolute Gasteiger partial charge is 0.423 e. The number of hydrogen-bond donors (Lipinski definition) is 1. The second kappa shape index (κ2) is 3.29. The molecule has 1 N–H and O–H groups in total. The maximum Gasteiger partial charge on any atom is 0.295 e. The van der Waals surface area contributed by atoms with Crippen LogP contribution >= 0.6 is 0 Å². The van der Waals surface area contributed by atoms with E-state index >= 15 is 0 Å². The zero-order valence-electron chi connectivity index (χ0n) is 8.10. The molecule has 0 aliphatic heterocycles. The number of oxazole rings is 1. The summed E-state index contributed by atoms with van der Waals surface area (Å²) in [5, 5.41) is 2.77. The maximum atomic E-state index is 13.3. The first-order chi connectivity index (χ1) is 6.74. The number of aryl methyl sites for hydroxylation is 1. The highest BCUT2D eigenvalue weighted by atomic mass is 19.1. The van der Waals surface area contributed by atoms with E-state index in [1.54, 1.807) is 13.1 Å². The van der Waals surface area contributed by atoms with Crippen LogP contribution in [0.2, 0.25) is 0 Å². The lowest BCUT2D eigenvalue weighted by Gasteiger charge is -1.96. The Labute approximate surface area is 80.9 Å². The van der Waals surface area contributed by atoms with Gasteiger partial charge in [-0.3, -0.25) is 0 Å². The van der Waals surface area contributed by atoms with Gasteiger partial charge in [-0.25, -0.2) is 4.39 Å². The molecule has 0 aliphatic rings. The molecule has 0 saturated carbocycles. The van der Waals surface area contributed by atoms with Crippen molar-refractivity contribution < 1.29 is 8.81 Å². The minimum atomic E-state index is -0.237. The molecule has 0 fully saturated rings. The lowest BCUT2D eigenvalue weighted by molar-refractivity contribution is 0.595. The summed E-state index contributed by atoms with van der Waals surface area (Å²) in [6.45, 7) is 1.91. The molecule has 0 amide bonds. The third-order valence-corrected chi connectivity index (χ3v) is 2.15. The molecule has 2 aromatic rings. The summed E-state index contributed by atoms with van der Waals surface area (Å²) < 4.78 is 18.6. The fourth-order valence-electron chi connectivity index (χ4n) is 1.37. The Morgan fingerprint density at radius 3 is 2.93 bits per heavy atom. The Hall–Kier alpha value is -1.58. The topological polar surface area (TPSA) is 38.1 Å². The summed E-state index contributed by atoms with van der Waals surface area (Å²) in [6.07, 6.45) is 0.656. The number of anilines is 1. The summed E-state index contributed by atoms with van der Waals surface area (Å²) >= 11 is 0. The number of hydrogen-bond acceptors (Lipinski definition) is 3. The zero-order valence-corrected chi connectivity index (χ0v) is 8.10. The minimum absolute atomic E-state index is 0.237. The first kappa shape index (κ1) is 8.99. The number of halogens is 1. The number of nitrogens with zero attached hydrogens (tertiary/aromatic N) is 1. The van der Waals surface area contributed by atoms with Crippen LogP contribution in [0.4, 0.5) is 10.4 Å². The number of rotatable bonds is 2. The molecule has 1 aromatic heterocycles. The van der Waals surface area contributed by atoms with Gasteiger partial charge in [0.1, 0.15) is 11.3 Å². The van der Waals surface area contributed by atoms with Crippen molar-refractivity contribution in [1.29, 1.82) is 0 Å². The number of fused-ring (bicyclic) bond motifs is 1. The lowest BCUT2D eigenvalue weighted by atomic mass is 10.1.